The molecule has 1 amide bonds. The Morgan fingerprint density at radius 3 is 2.38 bits per heavy atom. The Hall–Kier alpha value is -2.47. The number of benzene rings is 2. The van der Waals surface area contributed by atoms with Crippen molar-refractivity contribution in [1.82, 2.24) is 19.7 Å². The molecule has 0 saturated heterocycles. The van der Waals surface area contributed by atoms with Crippen LogP contribution in [0.2, 0.25) is 0 Å². The summed E-state index contributed by atoms with van der Waals surface area (Å²) >= 11 is 3.38. The highest BCUT2D eigenvalue weighted by Gasteiger charge is 2.18. The van der Waals surface area contributed by atoms with Gasteiger partial charge in [-0.05, 0) is 48.9 Å². The third-order valence-corrected chi connectivity index (χ3v) is 4.58. The first-order valence-corrected chi connectivity index (χ1v) is 8.33. The van der Waals surface area contributed by atoms with Crippen LogP contribution in [0.25, 0.3) is 5.69 Å². The highest BCUT2D eigenvalue weighted by atomic mass is 79.9. The molecule has 0 unspecified atom stereocenters. The van der Waals surface area contributed by atoms with Gasteiger partial charge in [-0.15, -0.1) is 0 Å². The molecule has 3 rings (SSSR count). The monoisotopic (exact) mass is 384 g/mol. The summed E-state index contributed by atoms with van der Waals surface area (Å²) in [5, 5.41) is 4.11. The number of halogens is 1. The first-order valence-electron chi connectivity index (χ1n) is 7.54. The largest absolute Gasteiger partial charge is 0.335 e. The molecule has 0 radical (unpaired) electrons. The van der Waals surface area contributed by atoms with Gasteiger partial charge in [-0.3, -0.25) is 4.79 Å². The zero-order valence-electron chi connectivity index (χ0n) is 13.4. The van der Waals surface area contributed by atoms with Crippen LogP contribution in [0, 0.1) is 0 Å². The average molecular weight is 385 g/mol. The summed E-state index contributed by atoms with van der Waals surface area (Å²) < 4.78 is 2.66. The fraction of sp³-hybridized carbons (Fsp3) is 0.167. The zero-order valence-corrected chi connectivity index (χ0v) is 15.0. The van der Waals surface area contributed by atoms with Crippen LogP contribution in [0.15, 0.2) is 65.7 Å². The Morgan fingerprint density at radius 1 is 1.12 bits per heavy atom. The highest BCUT2D eigenvalue weighted by Crippen LogP contribution is 2.22. The Labute approximate surface area is 149 Å². The number of hydrogen-bond acceptors (Lipinski definition) is 3. The van der Waals surface area contributed by atoms with Crippen LogP contribution < -0.4 is 0 Å². The summed E-state index contributed by atoms with van der Waals surface area (Å²) in [6, 6.07) is 15.3. The van der Waals surface area contributed by atoms with Gasteiger partial charge in [0.2, 0.25) is 0 Å². The van der Waals surface area contributed by atoms with Gasteiger partial charge in [0, 0.05) is 17.1 Å². The van der Waals surface area contributed by atoms with Crippen LogP contribution in [0.5, 0.6) is 0 Å². The lowest BCUT2D eigenvalue weighted by Crippen LogP contribution is -2.29. The molecule has 5 nitrogen and oxygen atoms in total. The van der Waals surface area contributed by atoms with Crippen molar-refractivity contribution in [2.75, 3.05) is 7.05 Å². The molecule has 3 aromatic rings. The molecule has 0 aliphatic rings. The van der Waals surface area contributed by atoms with E-state index in [1.807, 2.05) is 62.5 Å². The average Bonchev–Trinajstić information content (AvgIpc) is 3.15. The van der Waals surface area contributed by atoms with Crippen LogP contribution in [-0.4, -0.2) is 32.6 Å². The van der Waals surface area contributed by atoms with Crippen LogP contribution in [0.1, 0.15) is 28.9 Å². The van der Waals surface area contributed by atoms with E-state index in [4.69, 9.17) is 0 Å². The molecule has 24 heavy (non-hydrogen) atoms. The molecule has 1 heterocycles. The van der Waals surface area contributed by atoms with Crippen LogP contribution in [0.3, 0.4) is 0 Å². The quantitative estimate of drug-likeness (QED) is 0.685. The summed E-state index contributed by atoms with van der Waals surface area (Å²) in [6.45, 7) is 2.02. The number of aromatic nitrogens is 3. The minimum Gasteiger partial charge on any atom is -0.335 e. The van der Waals surface area contributed by atoms with Gasteiger partial charge in [0.05, 0.1) is 11.7 Å². The Kier molecular flexibility index (Phi) is 4.76. The third-order valence-electron chi connectivity index (χ3n) is 4.05. The molecule has 122 valence electrons. The van der Waals surface area contributed by atoms with Crippen molar-refractivity contribution in [1.29, 1.82) is 0 Å². The standard InChI is InChI=1S/C18H17BrN4O/c1-13(22(2)18(24)15-3-7-16(19)8-4-15)14-5-9-17(10-6-14)23-12-20-11-21-23/h3-13H,1-2H3/t13-/m1/s1. The first-order chi connectivity index (χ1) is 11.6. The number of rotatable bonds is 4. The molecule has 6 heteroatoms. The SMILES string of the molecule is C[C@H](c1ccc(-n2cncn2)cc1)N(C)C(=O)c1ccc(Br)cc1. The van der Waals surface area contributed by atoms with E-state index in [2.05, 4.69) is 26.0 Å². The lowest BCUT2D eigenvalue weighted by molar-refractivity contribution is 0.0742. The summed E-state index contributed by atoms with van der Waals surface area (Å²) in [7, 11) is 1.82. The molecule has 0 saturated carbocycles. The molecule has 0 aliphatic heterocycles. The first kappa shape index (κ1) is 16.4. The molecular formula is C18H17BrN4O. The van der Waals surface area contributed by atoms with E-state index < -0.39 is 0 Å². The molecule has 0 fully saturated rings. The van der Waals surface area contributed by atoms with E-state index in [9.17, 15) is 4.79 Å². The van der Waals surface area contributed by atoms with E-state index in [0.717, 1.165) is 15.7 Å². The van der Waals surface area contributed by atoms with E-state index in [-0.39, 0.29) is 11.9 Å². The highest BCUT2D eigenvalue weighted by molar-refractivity contribution is 9.10. The van der Waals surface area contributed by atoms with Crippen LogP contribution in [-0.2, 0) is 0 Å². The van der Waals surface area contributed by atoms with E-state index in [1.165, 1.54) is 6.33 Å². The predicted octanol–water partition coefficient (Wildman–Crippen LogP) is 3.86. The Morgan fingerprint density at radius 2 is 1.79 bits per heavy atom. The van der Waals surface area contributed by atoms with Gasteiger partial charge in [-0.1, -0.05) is 28.1 Å². The van der Waals surface area contributed by atoms with Gasteiger partial charge < -0.3 is 4.90 Å². The summed E-state index contributed by atoms with van der Waals surface area (Å²) in [5.74, 6) is -0.00430. The minimum atomic E-state index is -0.0362. The normalized spacial score (nSPS) is 12.0. The van der Waals surface area contributed by atoms with Crippen molar-refractivity contribution in [2.45, 2.75) is 13.0 Å². The van der Waals surface area contributed by atoms with Crippen molar-refractivity contribution in [3.8, 4) is 5.69 Å². The van der Waals surface area contributed by atoms with Crippen molar-refractivity contribution in [2.24, 2.45) is 0 Å². The van der Waals surface area contributed by atoms with Gasteiger partial charge >= 0.3 is 0 Å². The van der Waals surface area contributed by atoms with Crippen molar-refractivity contribution in [3.05, 3.63) is 76.8 Å². The van der Waals surface area contributed by atoms with Crippen LogP contribution >= 0.6 is 15.9 Å². The van der Waals surface area contributed by atoms with Gasteiger partial charge in [-0.2, -0.15) is 5.10 Å². The molecule has 1 aromatic heterocycles. The molecule has 0 bridgehead atoms. The number of carbonyl (C=O) groups is 1. The van der Waals surface area contributed by atoms with Crippen LogP contribution in [0.4, 0.5) is 0 Å². The molecular weight excluding hydrogens is 368 g/mol. The molecule has 0 aliphatic carbocycles. The second-order valence-electron chi connectivity index (χ2n) is 5.53. The van der Waals surface area contributed by atoms with Crippen molar-refractivity contribution in [3.63, 3.8) is 0 Å². The van der Waals surface area contributed by atoms with Gasteiger partial charge in [0.25, 0.3) is 5.91 Å². The summed E-state index contributed by atoms with van der Waals surface area (Å²) in [6.07, 6.45) is 3.16. The van der Waals surface area contributed by atoms with Gasteiger partial charge in [0.15, 0.2) is 0 Å². The predicted molar refractivity (Wildman–Crippen MR) is 96.0 cm³/mol. The maximum atomic E-state index is 12.6. The lowest BCUT2D eigenvalue weighted by atomic mass is 10.1. The Bertz CT molecular complexity index is 813. The molecule has 0 N–H and O–H groups in total. The third kappa shape index (κ3) is 3.38. The number of hydrogen-bond donors (Lipinski definition) is 0. The molecule has 0 spiro atoms. The van der Waals surface area contributed by atoms with E-state index in [1.54, 1.807) is 15.9 Å². The second kappa shape index (κ2) is 6.97. The topological polar surface area (TPSA) is 51.0 Å². The second-order valence-corrected chi connectivity index (χ2v) is 6.45. The van der Waals surface area contributed by atoms with E-state index in [0.29, 0.717) is 5.56 Å². The van der Waals surface area contributed by atoms with Gasteiger partial charge in [-0.25, -0.2) is 9.67 Å². The lowest BCUT2D eigenvalue weighted by Gasteiger charge is -2.25. The summed E-state index contributed by atoms with van der Waals surface area (Å²) in [4.78, 5) is 18.3. The maximum absolute atomic E-state index is 12.6. The zero-order chi connectivity index (χ0) is 17.1. The molecule has 2 aromatic carbocycles. The number of carbonyl (C=O) groups excluding carboxylic acids is 1. The minimum absolute atomic E-state index is 0.00430. The number of amides is 1. The molecule has 1 atom stereocenters. The number of nitrogens with zero attached hydrogens (tertiary/aromatic N) is 4. The Balaban J connectivity index is 1.76. The summed E-state index contributed by atoms with van der Waals surface area (Å²) in [5.41, 5.74) is 2.67. The van der Waals surface area contributed by atoms with E-state index >= 15 is 0 Å². The van der Waals surface area contributed by atoms with Crippen molar-refractivity contribution < 1.29 is 4.79 Å². The van der Waals surface area contributed by atoms with Crippen molar-refractivity contribution >= 4 is 21.8 Å². The van der Waals surface area contributed by atoms with Gasteiger partial charge in [0.1, 0.15) is 12.7 Å². The fourth-order valence-corrected chi connectivity index (χ4v) is 2.71. The smallest absolute Gasteiger partial charge is 0.254 e. The maximum Gasteiger partial charge on any atom is 0.254 e. The fourth-order valence-electron chi connectivity index (χ4n) is 2.44.